The van der Waals surface area contributed by atoms with Crippen LogP contribution < -0.4 is 5.56 Å². The molecule has 0 aliphatic rings. The Kier molecular flexibility index (Phi) is 7.12. The average molecular weight is 524 g/mol. The minimum atomic E-state index is -5.08. The summed E-state index contributed by atoms with van der Waals surface area (Å²) in [5.41, 5.74) is -3.33. The van der Waals surface area contributed by atoms with E-state index in [0.29, 0.717) is 23.3 Å². The van der Waals surface area contributed by atoms with Gasteiger partial charge in [0, 0.05) is 17.2 Å². The van der Waals surface area contributed by atoms with Crippen LogP contribution >= 0.6 is 0 Å². The van der Waals surface area contributed by atoms with E-state index in [1.807, 2.05) is 0 Å². The van der Waals surface area contributed by atoms with Gasteiger partial charge in [0.05, 0.1) is 24.2 Å². The molecule has 0 unspecified atom stereocenters. The summed E-state index contributed by atoms with van der Waals surface area (Å²) in [6.07, 6.45) is -5.54. The normalized spacial score (nSPS) is 11.3. The molecule has 1 N–H and O–H groups in total. The molecule has 0 aliphatic carbocycles. The zero-order valence-corrected chi connectivity index (χ0v) is 19.4. The van der Waals surface area contributed by atoms with Gasteiger partial charge in [0.1, 0.15) is 23.3 Å². The number of hydrogen-bond acceptors (Lipinski definition) is 3. The largest absolute Gasteiger partial charge is 0.481 e. The van der Waals surface area contributed by atoms with Crippen molar-refractivity contribution in [1.29, 1.82) is 5.26 Å². The highest BCUT2D eigenvalue weighted by Crippen LogP contribution is 2.38. The Morgan fingerprint density at radius 1 is 0.947 bits per heavy atom. The van der Waals surface area contributed by atoms with E-state index in [1.54, 1.807) is 30.3 Å². The van der Waals surface area contributed by atoms with E-state index in [4.69, 9.17) is 0 Å². The summed E-state index contributed by atoms with van der Waals surface area (Å²) in [6, 6.07) is 17.3. The molecule has 0 fully saturated rings. The van der Waals surface area contributed by atoms with Crippen LogP contribution in [0.2, 0.25) is 0 Å². The van der Waals surface area contributed by atoms with Crippen LogP contribution in [-0.2, 0) is 23.9 Å². The topological polar surface area (TPSA) is 83.1 Å². The quantitative estimate of drug-likeness (QED) is 0.313. The smallest absolute Gasteiger partial charge is 0.417 e. The highest BCUT2D eigenvalue weighted by molar-refractivity contribution is 5.84. The third-order valence-electron chi connectivity index (χ3n) is 5.86. The number of aromatic nitrogens is 1. The van der Waals surface area contributed by atoms with E-state index in [2.05, 4.69) is 0 Å². The predicted octanol–water partition coefficient (Wildman–Crippen LogP) is 6.03. The van der Waals surface area contributed by atoms with Gasteiger partial charge in [0.25, 0.3) is 5.56 Å². The first-order valence-electron chi connectivity index (χ1n) is 11.1. The number of hydrogen-bond donors (Lipinski definition) is 1. The second-order valence-corrected chi connectivity index (χ2v) is 8.37. The number of rotatable bonds is 6. The van der Waals surface area contributed by atoms with Crippen LogP contribution in [0, 0.1) is 23.0 Å². The summed E-state index contributed by atoms with van der Waals surface area (Å²) in [5, 5.41) is 18.7. The van der Waals surface area contributed by atoms with Gasteiger partial charge in [-0.05, 0) is 34.9 Å². The first kappa shape index (κ1) is 26.3. The van der Waals surface area contributed by atoms with Gasteiger partial charge in [0.15, 0.2) is 0 Å². The lowest BCUT2D eigenvalue weighted by Crippen LogP contribution is -2.29. The lowest BCUT2D eigenvalue weighted by molar-refractivity contribution is -0.138. The number of carboxylic acids is 1. The number of halogens is 5. The van der Waals surface area contributed by atoms with E-state index in [-0.39, 0.29) is 22.4 Å². The number of nitriles is 1. The van der Waals surface area contributed by atoms with Gasteiger partial charge >= 0.3 is 12.1 Å². The molecule has 1 heterocycles. The summed E-state index contributed by atoms with van der Waals surface area (Å²) in [4.78, 5) is 24.7. The van der Waals surface area contributed by atoms with Gasteiger partial charge in [-0.15, -0.1) is 0 Å². The molecule has 4 rings (SSSR count). The summed E-state index contributed by atoms with van der Waals surface area (Å²) >= 11 is 0. The van der Waals surface area contributed by atoms with E-state index < -0.39 is 53.4 Å². The third-order valence-corrected chi connectivity index (χ3v) is 5.86. The van der Waals surface area contributed by atoms with Crippen molar-refractivity contribution in [2.24, 2.45) is 0 Å². The Morgan fingerprint density at radius 3 is 2.26 bits per heavy atom. The Labute approximate surface area is 212 Å². The number of benzene rings is 3. The number of pyridine rings is 1. The second-order valence-electron chi connectivity index (χ2n) is 8.37. The number of nitrogens with zero attached hydrogens (tertiary/aromatic N) is 2. The summed E-state index contributed by atoms with van der Waals surface area (Å²) in [6.45, 7) is -0.621. The Morgan fingerprint density at radius 2 is 1.66 bits per heavy atom. The molecule has 4 aromatic rings. The van der Waals surface area contributed by atoms with Crippen LogP contribution in [0.5, 0.6) is 0 Å². The van der Waals surface area contributed by atoms with E-state index in [9.17, 15) is 41.9 Å². The van der Waals surface area contributed by atoms with Gasteiger partial charge in [-0.25, -0.2) is 8.78 Å². The molecule has 0 radical (unpaired) electrons. The first-order chi connectivity index (χ1) is 18.0. The summed E-state index contributed by atoms with van der Waals surface area (Å²) in [7, 11) is 0. The fraction of sp³-hybridized carbons (Fsp3) is 0.107. The molecule has 3 aromatic carbocycles. The number of carbonyl (C=O) groups is 1. The van der Waals surface area contributed by atoms with Crippen LogP contribution in [0.15, 0.2) is 77.6 Å². The lowest BCUT2D eigenvalue weighted by atomic mass is 9.93. The summed E-state index contributed by atoms with van der Waals surface area (Å²) in [5.74, 6) is -3.12. The van der Waals surface area contributed by atoms with Crippen molar-refractivity contribution in [1.82, 2.24) is 4.57 Å². The Hall–Kier alpha value is -4.78. The molecule has 0 saturated heterocycles. The Balaban J connectivity index is 2.10. The average Bonchev–Trinajstić information content (AvgIpc) is 2.86. The molecular formula is C28H17F5N2O3. The first-order valence-corrected chi connectivity index (χ1v) is 11.1. The SMILES string of the molecule is N#Cc1c(C(F)(F)F)cc(-c2cc(CC(=O)O)ccc2-c2ccccc2)n(Cc2ccc(F)cc2F)c1=O. The minimum absolute atomic E-state index is 0.0598. The van der Waals surface area contributed by atoms with Crippen LogP contribution in [0.3, 0.4) is 0 Å². The molecule has 0 spiro atoms. The van der Waals surface area contributed by atoms with Gasteiger partial charge in [-0.2, -0.15) is 18.4 Å². The summed E-state index contributed by atoms with van der Waals surface area (Å²) < 4.78 is 70.7. The second kappa shape index (κ2) is 10.3. The van der Waals surface area contributed by atoms with Crippen LogP contribution in [0.4, 0.5) is 22.0 Å². The highest BCUT2D eigenvalue weighted by atomic mass is 19.4. The number of carboxylic acid groups (broad SMARTS) is 1. The number of alkyl halides is 3. The fourth-order valence-corrected chi connectivity index (χ4v) is 4.14. The monoisotopic (exact) mass is 524 g/mol. The molecule has 0 atom stereocenters. The van der Waals surface area contributed by atoms with Crippen molar-refractivity contribution < 1.29 is 31.9 Å². The van der Waals surface area contributed by atoms with Crippen molar-refractivity contribution in [3.8, 4) is 28.5 Å². The lowest BCUT2D eigenvalue weighted by Gasteiger charge is -2.20. The molecule has 0 saturated carbocycles. The van der Waals surface area contributed by atoms with E-state index in [1.165, 1.54) is 24.3 Å². The van der Waals surface area contributed by atoms with E-state index >= 15 is 0 Å². The van der Waals surface area contributed by atoms with Crippen molar-refractivity contribution in [3.05, 3.63) is 117 Å². The fourth-order valence-electron chi connectivity index (χ4n) is 4.14. The molecular weight excluding hydrogens is 507 g/mol. The Bertz CT molecular complexity index is 1640. The van der Waals surface area contributed by atoms with Crippen molar-refractivity contribution in [2.45, 2.75) is 19.1 Å². The van der Waals surface area contributed by atoms with Gasteiger partial charge in [0.2, 0.25) is 0 Å². The highest BCUT2D eigenvalue weighted by Gasteiger charge is 2.37. The molecule has 10 heteroatoms. The van der Waals surface area contributed by atoms with Gasteiger partial charge in [-0.3, -0.25) is 9.59 Å². The van der Waals surface area contributed by atoms with Gasteiger partial charge in [-0.1, -0.05) is 48.5 Å². The zero-order chi connectivity index (χ0) is 27.6. The maximum atomic E-state index is 14.5. The molecule has 5 nitrogen and oxygen atoms in total. The van der Waals surface area contributed by atoms with Gasteiger partial charge < -0.3 is 9.67 Å². The molecule has 0 amide bonds. The van der Waals surface area contributed by atoms with Crippen molar-refractivity contribution in [3.63, 3.8) is 0 Å². The molecule has 0 bridgehead atoms. The van der Waals surface area contributed by atoms with Crippen LogP contribution in [0.1, 0.15) is 22.3 Å². The van der Waals surface area contributed by atoms with E-state index in [0.717, 1.165) is 16.7 Å². The van der Waals surface area contributed by atoms with Crippen LogP contribution in [0.25, 0.3) is 22.4 Å². The van der Waals surface area contributed by atoms with Crippen molar-refractivity contribution >= 4 is 5.97 Å². The molecule has 1 aromatic heterocycles. The molecule has 38 heavy (non-hydrogen) atoms. The predicted molar refractivity (Wildman–Crippen MR) is 128 cm³/mol. The number of aliphatic carboxylic acids is 1. The minimum Gasteiger partial charge on any atom is -0.481 e. The zero-order valence-electron chi connectivity index (χ0n) is 19.4. The third kappa shape index (κ3) is 5.32. The molecule has 0 aliphatic heterocycles. The molecule has 192 valence electrons. The maximum absolute atomic E-state index is 14.5. The maximum Gasteiger partial charge on any atom is 0.417 e. The van der Waals surface area contributed by atoms with Crippen LogP contribution in [-0.4, -0.2) is 15.6 Å². The van der Waals surface area contributed by atoms with Crippen molar-refractivity contribution in [2.75, 3.05) is 0 Å². The standard InChI is InChI=1S/C28H17F5N2O3/c29-19-8-7-18(24(30)12-19)15-35-25(13-23(28(31,32)33)22(14-34)27(35)38)21-10-16(11-26(36)37)6-9-20(21)17-4-2-1-3-5-17/h1-10,12-13H,11,15H2,(H,36,37).